The Morgan fingerprint density at radius 3 is 2.36 bits per heavy atom. The highest BCUT2D eigenvalue weighted by Crippen LogP contribution is 2.26. The second kappa shape index (κ2) is 3.11. The molecule has 66 valence electrons. The van der Waals surface area contributed by atoms with Crippen molar-refractivity contribution in [2.75, 3.05) is 5.75 Å². The minimum atomic E-state index is -2.95. The minimum absolute atomic E-state index is 0.192. The average Bonchev–Trinajstić information content (AvgIpc) is 1.84. The Morgan fingerprint density at radius 1 is 1.45 bits per heavy atom. The van der Waals surface area contributed by atoms with Gasteiger partial charge in [0, 0.05) is 6.04 Å². The van der Waals surface area contributed by atoms with Crippen molar-refractivity contribution in [2.24, 2.45) is 5.92 Å². The molecule has 0 amide bonds. The predicted molar refractivity (Wildman–Crippen MR) is 44.8 cm³/mol. The van der Waals surface area contributed by atoms with Gasteiger partial charge in [0.15, 0.2) is 0 Å². The number of hydrogen-bond donors (Lipinski definition) is 1. The monoisotopic (exact) mass is 177 g/mol. The number of hydrogen-bond acceptors (Lipinski definition) is 2. The molecule has 0 aromatic heterocycles. The van der Waals surface area contributed by atoms with E-state index in [2.05, 4.69) is 11.6 Å². The third-order valence-corrected chi connectivity index (χ3v) is 3.55. The van der Waals surface area contributed by atoms with E-state index in [-0.39, 0.29) is 11.8 Å². The molecule has 0 aliphatic heterocycles. The summed E-state index contributed by atoms with van der Waals surface area (Å²) >= 11 is 0. The van der Waals surface area contributed by atoms with E-state index in [1.807, 2.05) is 0 Å². The van der Waals surface area contributed by atoms with Crippen LogP contribution in [0.3, 0.4) is 0 Å². The molecule has 4 heteroatoms. The lowest BCUT2D eigenvalue weighted by atomic mass is 9.83. The van der Waals surface area contributed by atoms with Crippen molar-refractivity contribution >= 4 is 10.0 Å². The molecular formula is C7H15NO2S. The molecule has 0 atom stereocenters. The third-order valence-electron chi connectivity index (χ3n) is 2.10. The summed E-state index contributed by atoms with van der Waals surface area (Å²) in [4.78, 5) is 0. The van der Waals surface area contributed by atoms with Crippen LogP contribution in [0.15, 0.2) is 0 Å². The topological polar surface area (TPSA) is 46.2 Å². The van der Waals surface area contributed by atoms with Gasteiger partial charge in [-0.3, -0.25) is 0 Å². The number of rotatable bonds is 3. The SMILES string of the molecule is CCS(=O)(=O)NC1CC(C)C1. The minimum Gasteiger partial charge on any atom is -0.212 e. The van der Waals surface area contributed by atoms with E-state index in [0.29, 0.717) is 5.92 Å². The Bertz CT molecular complexity index is 217. The first-order valence-electron chi connectivity index (χ1n) is 4.03. The van der Waals surface area contributed by atoms with Crippen molar-refractivity contribution in [3.05, 3.63) is 0 Å². The fraction of sp³-hybridized carbons (Fsp3) is 1.00. The highest BCUT2D eigenvalue weighted by molar-refractivity contribution is 7.89. The van der Waals surface area contributed by atoms with Gasteiger partial charge in [-0.2, -0.15) is 0 Å². The molecule has 0 bridgehead atoms. The zero-order chi connectivity index (χ0) is 8.48. The zero-order valence-electron chi connectivity index (χ0n) is 7.00. The van der Waals surface area contributed by atoms with Gasteiger partial charge in [0.05, 0.1) is 5.75 Å². The van der Waals surface area contributed by atoms with Crippen LogP contribution in [-0.4, -0.2) is 20.2 Å². The molecule has 0 heterocycles. The Kier molecular flexibility index (Phi) is 2.54. The van der Waals surface area contributed by atoms with Gasteiger partial charge < -0.3 is 0 Å². The van der Waals surface area contributed by atoms with E-state index in [0.717, 1.165) is 12.8 Å². The Balaban J connectivity index is 2.33. The molecule has 0 aromatic carbocycles. The maximum Gasteiger partial charge on any atom is 0.211 e. The standard InChI is InChI=1S/C7H15NO2S/c1-3-11(9,10)8-7-4-6(2)5-7/h6-8H,3-5H2,1-2H3. The summed E-state index contributed by atoms with van der Waals surface area (Å²) in [5.41, 5.74) is 0. The molecule has 1 rings (SSSR count). The number of nitrogens with one attached hydrogen (secondary N) is 1. The van der Waals surface area contributed by atoms with Gasteiger partial charge in [-0.15, -0.1) is 0 Å². The summed E-state index contributed by atoms with van der Waals surface area (Å²) in [6.07, 6.45) is 2.00. The van der Waals surface area contributed by atoms with E-state index < -0.39 is 10.0 Å². The van der Waals surface area contributed by atoms with Crippen LogP contribution in [0.2, 0.25) is 0 Å². The first kappa shape index (κ1) is 9.00. The summed E-state index contributed by atoms with van der Waals surface area (Å²) in [6, 6.07) is 0.218. The van der Waals surface area contributed by atoms with Crippen LogP contribution in [0, 0.1) is 5.92 Å². The lowest BCUT2D eigenvalue weighted by Gasteiger charge is -2.32. The molecular weight excluding hydrogens is 162 g/mol. The van der Waals surface area contributed by atoms with E-state index in [4.69, 9.17) is 0 Å². The molecule has 1 fully saturated rings. The summed E-state index contributed by atoms with van der Waals surface area (Å²) in [7, 11) is -2.95. The van der Waals surface area contributed by atoms with Gasteiger partial charge >= 0.3 is 0 Å². The third kappa shape index (κ3) is 2.45. The number of sulfonamides is 1. The smallest absolute Gasteiger partial charge is 0.211 e. The molecule has 0 radical (unpaired) electrons. The Labute approximate surface area is 68.2 Å². The molecule has 0 unspecified atom stereocenters. The molecule has 11 heavy (non-hydrogen) atoms. The molecule has 1 saturated carbocycles. The van der Waals surface area contributed by atoms with Gasteiger partial charge in [0.1, 0.15) is 0 Å². The van der Waals surface area contributed by atoms with Gasteiger partial charge in [-0.25, -0.2) is 13.1 Å². The first-order chi connectivity index (χ1) is 5.03. The molecule has 1 N–H and O–H groups in total. The van der Waals surface area contributed by atoms with Crippen LogP contribution in [0.4, 0.5) is 0 Å². The van der Waals surface area contributed by atoms with Crippen LogP contribution in [0.5, 0.6) is 0 Å². The summed E-state index contributed by atoms with van der Waals surface area (Å²) in [5.74, 6) is 0.886. The van der Waals surface area contributed by atoms with Crippen LogP contribution in [0.1, 0.15) is 26.7 Å². The van der Waals surface area contributed by atoms with Crippen LogP contribution < -0.4 is 4.72 Å². The van der Waals surface area contributed by atoms with Crippen molar-refractivity contribution in [1.29, 1.82) is 0 Å². The Hall–Kier alpha value is -0.0900. The molecule has 1 aliphatic carbocycles. The summed E-state index contributed by atoms with van der Waals surface area (Å²) < 4.78 is 24.6. The van der Waals surface area contributed by atoms with Gasteiger partial charge in [0.2, 0.25) is 10.0 Å². The normalized spacial score (nSPS) is 31.5. The molecule has 0 aromatic rings. The lowest BCUT2D eigenvalue weighted by molar-refractivity contribution is 0.270. The van der Waals surface area contributed by atoms with Crippen molar-refractivity contribution in [1.82, 2.24) is 4.72 Å². The van der Waals surface area contributed by atoms with E-state index in [1.165, 1.54) is 0 Å². The predicted octanol–water partition coefficient (Wildman–Crippen LogP) is 0.724. The average molecular weight is 177 g/mol. The molecule has 0 spiro atoms. The first-order valence-corrected chi connectivity index (χ1v) is 5.68. The van der Waals surface area contributed by atoms with Crippen LogP contribution >= 0.6 is 0 Å². The van der Waals surface area contributed by atoms with Crippen LogP contribution in [-0.2, 0) is 10.0 Å². The second-order valence-corrected chi connectivity index (χ2v) is 5.34. The fourth-order valence-electron chi connectivity index (χ4n) is 1.34. The molecule has 0 saturated heterocycles. The van der Waals surface area contributed by atoms with Crippen molar-refractivity contribution < 1.29 is 8.42 Å². The fourth-order valence-corrected chi connectivity index (χ4v) is 2.20. The maximum atomic E-state index is 11.0. The van der Waals surface area contributed by atoms with E-state index >= 15 is 0 Å². The van der Waals surface area contributed by atoms with Gasteiger partial charge in [-0.1, -0.05) is 6.92 Å². The van der Waals surface area contributed by atoms with Gasteiger partial charge in [0.25, 0.3) is 0 Å². The highest BCUT2D eigenvalue weighted by atomic mass is 32.2. The summed E-state index contributed by atoms with van der Waals surface area (Å²) in [6.45, 7) is 3.79. The van der Waals surface area contributed by atoms with Crippen molar-refractivity contribution in [2.45, 2.75) is 32.7 Å². The largest absolute Gasteiger partial charge is 0.212 e. The second-order valence-electron chi connectivity index (χ2n) is 3.29. The van der Waals surface area contributed by atoms with Crippen LogP contribution in [0.25, 0.3) is 0 Å². The van der Waals surface area contributed by atoms with Crippen molar-refractivity contribution in [3.63, 3.8) is 0 Å². The summed E-state index contributed by atoms with van der Waals surface area (Å²) in [5, 5.41) is 0. The van der Waals surface area contributed by atoms with E-state index in [1.54, 1.807) is 6.92 Å². The molecule has 1 aliphatic rings. The lowest BCUT2D eigenvalue weighted by Crippen LogP contribution is -2.43. The maximum absolute atomic E-state index is 11.0. The van der Waals surface area contributed by atoms with E-state index in [9.17, 15) is 8.42 Å². The Morgan fingerprint density at radius 2 is 2.00 bits per heavy atom. The van der Waals surface area contributed by atoms with Gasteiger partial charge in [-0.05, 0) is 25.7 Å². The quantitative estimate of drug-likeness (QED) is 0.690. The molecule has 3 nitrogen and oxygen atoms in total. The van der Waals surface area contributed by atoms with Crippen molar-refractivity contribution in [3.8, 4) is 0 Å². The highest BCUT2D eigenvalue weighted by Gasteiger charge is 2.28. The zero-order valence-corrected chi connectivity index (χ0v) is 7.82.